The van der Waals surface area contributed by atoms with E-state index in [-0.39, 0.29) is 11.3 Å². The molecule has 0 aliphatic rings. The second-order valence-corrected chi connectivity index (χ2v) is 7.99. The topological polar surface area (TPSA) is 101 Å². The van der Waals surface area contributed by atoms with Gasteiger partial charge in [0.2, 0.25) is 5.91 Å². The van der Waals surface area contributed by atoms with Crippen LogP contribution in [0.3, 0.4) is 0 Å². The minimum Gasteiger partial charge on any atom is -0.494 e. The number of pyridine rings is 1. The van der Waals surface area contributed by atoms with Crippen LogP contribution in [0.2, 0.25) is 0 Å². The van der Waals surface area contributed by atoms with Crippen molar-refractivity contribution < 1.29 is 23.8 Å². The zero-order chi connectivity index (χ0) is 25.5. The lowest BCUT2D eigenvalue weighted by molar-refractivity contribution is -0.118. The highest BCUT2D eigenvalue weighted by atomic mass is 19.1. The average molecular weight is 486 g/mol. The van der Waals surface area contributed by atoms with Crippen LogP contribution in [0.1, 0.15) is 17.0 Å². The van der Waals surface area contributed by atoms with Crippen LogP contribution in [0, 0.1) is 5.82 Å². The summed E-state index contributed by atoms with van der Waals surface area (Å²) in [4.78, 5) is 28.9. The molecule has 4 aromatic rings. The summed E-state index contributed by atoms with van der Waals surface area (Å²) in [5, 5.41) is 14.7. The van der Waals surface area contributed by atoms with Gasteiger partial charge in [0.1, 0.15) is 11.8 Å². The third kappa shape index (κ3) is 5.50. The third-order valence-electron chi connectivity index (χ3n) is 5.74. The zero-order valence-electron chi connectivity index (χ0n) is 19.4. The molecule has 0 saturated carbocycles. The van der Waals surface area contributed by atoms with Crippen molar-refractivity contribution in [3.8, 4) is 16.9 Å². The van der Waals surface area contributed by atoms with E-state index in [9.17, 15) is 19.1 Å². The molecule has 1 heterocycles. The molecule has 7 nitrogen and oxygen atoms in total. The van der Waals surface area contributed by atoms with Crippen LogP contribution in [-0.4, -0.2) is 35.2 Å². The van der Waals surface area contributed by atoms with Crippen LogP contribution in [-0.2, 0) is 4.79 Å². The van der Waals surface area contributed by atoms with Gasteiger partial charge in [-0.2, -0.15) is 0 Å². The van der Waals surface area contributed by atoms with Crippen molar-refractivity contribution in [3.05, 3.63) is 114 Å². The van der Waals surface area contributed by atoms with Gasteiger partial charge in [0.25, 0.3) is 0 Å². The van der Waals surface area contributed by atoms with Crippen molar-refractivity contribution in [2.75, 3.05) is 12.4 Å². The monoisotopic (exact) mass is 485 g/mol. The number of ether oxygens (including phenoxy) is 1. The molecule has 1 atom stereocenters. The van der Waals surface area contributed by atoms with Gasteiger partial charge in [-0.25, -0.2) is 9.18 Å². The van der Waals surface area contributed by atoms with Gasteiger partial charge in [-0.15, -0.1) is 0 Å². The minimum atomic E-state index is -1.32. The zero-order valence-corrected chi connectivity index (χ0v) is 19.4. The summed E-state index contributed by atoms with van der Waals surface area (Å²) in [5.74, 6) is -1.36. The highest BCUT2D eigenvalue weighted by molar-refractivity contribution is 5.97. The molecular weight excluding hydrogens is 461 g/mol. The van der Waals surface area contributed by atoms with Crippen LogP contribution < -0.4 is 15.4 Å². The number of rotatable bonds is 8. The van der Waals surface area contributed by atoms with Crippen molar-refractivity contribution in [3.63, 3.8) is 0 Å². The quantitative estimate of drug-likeness (QED) is 0.314. The van der Waals surface area contributed by atoms with Crippen LogP contribution in [0.25, 0.3) is 11.1 Å². The van der Waals surface area contributed by atoms with Gasteiger partial charge >= 0.3 is 6.09 Å². The Hall–Kier alpha value is -4.72. The molecule has 182 valence electrons. The van der Waals surface area contributed by atoms with Gasteiger partial charge in [0.15, 0.2) is 5.82 Å². The van der Waals surface area contributed by atoms with E-state index in [0.717, 1.165) is 17.3 Å². The van der Waals surface area contributed by atoms with E-state index in [4.69, 9.17) is 4.74 Å². The number of carbonyl (C=O) groups is 2. The lowest BCUT2D eigenvalue weighted by atomic mass is 9.84. The van der Waals surface area contributed by atoms with E-state index in [0.29, 0.717) is 11.3 Å². The second kappa shape index (κ2) is 11.1. The Morgan fingerprint density at radius 1 is 0.889 bits per heavy atom. The summed E-state index contributed by atoms with van der Waals surface area (Å²) in [5.41, 5.74) is 2.79. The summed E-state index contributed by atoms with van der Waals surface area (Å²) in [6, 6.07) is 23.9. The van der Waals surface area contributed by atoms with E-state index in [1.165, 1.54) is 13.3 Å². The van der Waals surface area contributed by atoms with Gasteiger partial charge in [-0.1, -0.05) is 72.8 Å². The molecule has 0 radical (unpaired) electrons. The summed E-state index contributed by atoms with van der Waals surface area (Å²) in [6.45, 7) is 0. The molecule has 0 aliphatic heterocycles. The lowest BCUT2D eigenvalue weighted by Crippen LogP contribution is -2.47. The largest absolute Gasteiger partial charge is 0.494 e. The highest BCUT2D eigenvalue weighted by Gasteiger charge is 2.32. The fourth-order valence-corrected chi connectivity index (χ4v) is 4.12. The molecule has 8 heteroatoms. The number of methoxy groups -OCH3 is 1. The summed E-state index contributed by atoms with van der Waals surface area (Å²) >= 11 is 0. The number of carbonyl (C=O) groups excluding carboxylic acids is 1. The molecule has 0 aliphatic carbocycles. The number of benzene rings is 3. The van der Waals surface area contributed by atoms with Crippen LogP contribution in [0.15, 0.2) is 97.3 Å². The summed E-state index contributed by atoms with van der Waals surface area (Å²) in [7, 11) is 1.43. The first kappa shape index (κ1) is 24.4. The molecule has 3 N–H and O–H groups in total. The molecular formula is C28H24FN3O4. The van der Waals surface area contributed by atoms with Crippen molar-refractivity contribution in [1.82, 2.24) is 10.3 Å². The van der Waals surface area contributed by atoms with Gasteiger partial charge < -0.3 is 20.5 Å². The Morgan fingerprint density at radius 3 is 2.00 bits per heavy atom. The summed E-state index contributed by atoms with van der Waals surface area (Å²) < 4.78 is 19.6. The molecule has 3 aromatic carbocycles. The van der Waals surface area contributed by atoms with Gasteiger partial charge in [-0.3, -0.25) is 9.78 Å². The SMILES string of the molecule is COc1cncc(F)c1-c1ccc(NC(=O)[C@@H](NC(=O)O)C(c2ccccc2)c2ccccc2)cc1. The Bertz CT molecular complexity index is 1290. The Morgan fingerprint density at radius 2 is 1.47 bits per heavy atom. The number of nitrogens with zero attached hydrogens (tertiary/aromatic N) is 1. The predicted molar refractivity (Wildman–Crippen MR) is 134 cm³/mol. The molecule has 0 fully saturated rings. The number of aromatic nitrogens is 1. The lowest BCUT2D eigenvalue weighted by Gasteiger charge is -2.27. The number of halogens is 1. The van der Waals surface area contributed by atoms with Crippen LogP contribution in [0.4, 0.5) is 14.9 Å². The number of anilines is 1. The maximum Gasteiger partial charge on any atom is 0.405 e. The fraction of sp³-hybridized carbons (Fsp3) is 0.107. The predicted octanol–water partition coefficient (Wildman–Crippen LogP) is 5.30. The van der Waals surface area contributed by atoms with Crippen molar-refractivity contribution >= 4 is 17.7 Å². The van der Waals surface area contributed by atoms with Gasteiger partial charge in [0, 0.05) is 11.6 Å². The normalized spacial score (nSPS) is 11.5. The maximum absolute atomic E-state index is 14.4. The number of hydrogen-bond acceptors (Lipinski definition) is 4. The highest BCUT2D eigenvalue weighted by Crippen LogP contribution is 2.33. The number of nitrogens with one attached hydrogen (secondary N) is 2. The standard InChI is InChI=1S/C28H24FN3O4/c1-36-23-17-30-16-22(29)25(23)20-12-14-21(15-13-20)31-27(33)26(32-28(34)35)24(18-8-4-2-5-9-18)19-10-6-3-7-11-19/h2-17,24,26,32H,1H3,(H,31,33)(H,34,35)/t26-/m0/s1. The molecule has 0 spiro atoms. The molecule has 0 saturated heterocycles. The maximum atomic E-state index is 14.4. The molecule has 0 bridgehead atoms. The molecule has 1 aromatic heterocycles. The van der Waals surface area contributed by atoms with E-state index in [1.807, 2.05) is 60.7 Å². The van der Waals surface area contributed by atoms with E-state index < -0.39 is 29.8 Å². The van der Waals surface area contributed by atoms with Crippen molar-refractivity contribution in [2.24, 2.45) is 0 Å². The van der Waals surface area contributed by atoms with Crippen LogP contribution >= 0.6 is 0 Å². The first-order valence-electron chi connectivity index (χ1n) is 11.2. The molecule has 4 rings (SSSR count). The van der Waals surface area contributed by atoms with Gasteiger partial charge in [-0.05, 0) is 28.8 Å². The number of carboxylic acid groups (broad SMARTS) is 1. The Balaban J connectivity index is 1.64. The second-order valence-electron chi connectivity index (χ2n) is 7.99. The first-order chi connectivity index (χ1) is 17.5. The van der Waals surface area contributed by atoms with Gasteiger partial charge in [0.05, 0.1) is 25.1 Å². The molecule has 36 heavy (non-hydrogen) atoms. The number of amides is 2. The molecule has 2 amide bonds. The Labute approximate surface area is 207 Å². The van der Waals surface area contributed by atoms with Crippen LogP contribution in [0.5, 0.6) is 5.75 Å². The van der Waals surface area contributed by atoms with E-state index >= 15 is 0 Å². The third-order valence-corrected chi connectivity index (χ3v) is 5.74. The minimum absolute atomic E-state index is 0.254. The van der Waals surface area contributed by atoms with E-state index in [1.54, 1.807) is 24.3 Å². The first-order valence-corrected chi connectivity index (χ1v) is 11.2. The smallest absolute Gasteiger partial charge is 0.405 e. The van der Waals surface area contributed by atoms with Crippen molar-refractivity contribution in [1.29, 1.82) is 0 Å². The average Bonchev–Trinajstić information content (AvgIpc) is 2.90. The Kier molecular flexibility index (Phi) is 7.55. The fourth-order valence-electron chi connectivity index (χ4n) is 4.12. The van der Waals surface area contributed by atoms with E-state index in [2.05, 4.69) is 15.6 Å². The number of hydrogen-bond donors (Lipinski definition) is 3. The van der Waals surface area contributed by atoms with Crippen molar-refractivity contribution in [2.45, 2.75) is 12.0 Å². The summed E-state index contributed by atoms with van der Waals surface area (Å²) in [6.07, 6.45) is 1.20. The molecule has 0 unspecified atom stereocenters.